The molecule has 3 amide bonds. The largest absolute Gasteiger partial charge is 0.492 e. The second-order valence-electron chi connectivity index (χ2n) is 5.43. The zero-order valence-corrected chi connectivity index (χ0v) is 14.3. The van der Waals surface area contributed by atoms with E-state index in [-0.39, 0.29) is 18.0 Å². The average Bonchev–Trinajstić information content (AvgIpc) is 2.59. The van der Waals surface area contributed by atoms with Gasteiger partial charge in [0.2, 0.25) is 5.91 Å². The molecule has 2 rings (SSSR count). The maximum Gasteiger partial charge on any atom is 0.315 e. The van der Waals surface area contributed by atoms with Gasteiger partial charge in [0.1, 0.15) is 12.4 Å². The molecule has 25 heavy (non-hydrogen) atoms. The molecule has 1 unspecified atom stereocenters. The highest BCUT2D eigenvalue weighted by Gasteiger charge is 2.09. The van der Waals surface area contributed by atoms with Crippen molar-refractivity contribution >= 4 is 17.6 Å². The molecule has 0 saturated carbocycles. The first kappa shape index (κ1) is 18.3. The summed E-state index contributed by atoms with van der Waals surface area (Å²) in [6, 6.07) is 12.2. The van der Waals surface area contributed by atoms with E-state index in [1.807, 2.05) is 25.1 Å². The number of hydrogen-bond acceptors (Lipinski definition) is 4. The molecule has 0 fully saturated rings. The minimum atomic E-state index is -0.284. The lowest BCUT2D eigenvalue weighted by Gasteiger charge is -2.14. The summed E-state index contributed by atoms with van der Waals surface area (Å²) in [7, 11) is 0. The fourth-order valence-electron chi connectivity index (χ4n) is 2.15. The van der Waals surface area contributed by atoms with Gasteiger partial charge in [0, 0.05) is 24.9 Å². The number of carbonyl (C=O) groups is 2. The number of amides is 3. The Bertz CT molecular complexity index is 706. The van der Waals surface area contributed by atoms with Crippen molar-refractivity contribution in [3.05, 3.63) is 54.4 Å². The standard InChI is InChI=1S/C18H22N4O3/c1-13(17-8-3-4-9-19-17)21-18(24)20-10-11-25-16-7-5-6-15(12-16)22-14(2)23/h3-9,12-13H,10-11H2,1-2H3,(H,22,23)(H2,20,21,24). The molecule has 0 aliphatic carbocycles. The molecular formula is C18H22N4O3. The minimum Gasteiger partial charge on any atom is -0.492 e. The highest BCUT2D eigenvalue weighted by Crippen LogP contribution is 2.17. The molecular weight excluding hydrogens is 320 g/mol. The van der Waals surface area contributed by atoms with Crippen LogP contribution in [-0.4, -0.2) is 30.1 Å². The van der Waals surface area contributed by atoms with Crippen molar-refractivity contribution < 1.29 is 14.3 Å². The number of anilines is 1. The van der Waals surface area contributed by atoms with Gasteiger partial charge in [-0.1, -0.05) is 12.1 Å². The average molecular weight is 342 g/mol. The van der Waals surface area contributed by atoms with Gasteiger partial charge in [-0.15, -0.1) is 0 Å². The van der Waals surface area contributed by atoms with Gasteiger partial charge in [-0.2, -0.15) is 0 Å². The smallest absolute Gasteiger partial charge is 0.315 e. The van der Waals surface area contributed by atoms with E-state index in [2.05, 4.69) is 20.9 Å². The Hall–Kier alpha value is -3.09. The number of carbonyl (C=O) groups excluding carboxylic acids is 2. The van der Waals surface area contributed by atoms with Crippen LogP contribution >= 0.6 is 0 Å². The Balaban J connectivity index is 1.70. The molecule has 0 aliphatic heterocycles. The third kappa shape index (κ3) is 6.50. The van der Waals surface area contributed by atoms with Gasteiger partial charge in [0.15, 0.2) is 0 Å². The van der Waals surface area contributed by atoms with Crippen molar-refractivity contribution in [1.29, 1.82) is 0 Å². The van der Waals surface area contributed by atoms with E-state index >= 15 is 0 Å². The number of benzene rings is 1. The van der Waals surface area contributed by atoms with Crippen molar-refractivity contribution in [1.82, 2.24) is 15.6 Å². The first-order chi connectivity index (χ1) is 12.0. The molecule has 1 heterocycles. The minimum absolute atomic E-state index is 0.141. The van der Waals surface area contributed by atoms with Crippen LogP contribution in [0.25, 0.3) is 0 Å². The molecule has 1 atom stereocenters. The third-order valence-corrected chi connectivity index (χ3v) is 3.29. The van der Waals surface area contributed by atoms with Crippen LogP contribution in [0.5, 0.6) is 5.75 Å². The van der Waals surface area contributed by atoms with Crippen molar-refractivity contribution in [2.24, 2.45) is 0 Å². The number of hydrogen-bond donors (Lipinski definition) is 3. The third-order valence-electron chi connectivity index (χ3n) is 3.29. The van der Waals surface area contributed by atoms with Crippen molar-refractivity contribution in [3.8, 4) is 5.75 Å². The maximum absolute atomic E-state index is 11.9. The van der Waals surface area contributed by atoms with Gasteiger partial charge < -0.3 is 20.7 Å². The van der Waals surface area contributed by atoms with Gasteiger partial charge >= 0.3 is 6.03 Å². The van der Waals surface area contributed by atoms with Crippen LogP contribution in [0.3, 0.4) is 0 Å². The Morgan fingerprint density at radius 2 is 2.04 bits per heavy atom. The summed E-state index contributed by atoms with van der Waals surface area (Å²) in [6.45, 7) is 3.98. The molecule has 132 valence electrons. The predicted octanol–water partition coefficient (Wildman–Crippen LogP) is 2.48. The summed E-state index contributed by atoms with van der Waals surface area (Å²) in [4.78, 5) is 27.1. The van der Waals surface area contributed by atoms with Gasteiger partial charge in [-0.3, -0.25) is 9.78 Å². The highest BCUT2D eigenvalue weighted by atomic mass is 16.5. The van der Waals surface area contributed by atoms with Gasteiger partial charge in [-0.25, -0.2) is 4.79 Å². The van der Waals surface area contributed by atoms with Crippen LogP contribution in [-0.2, 0) is 4.79 Å². The van der Waals surface area contributed by atoms with Gasteiger partial charge in [0.25, 0.3) is 0 Å². The molecule has 0 radical (unpaired) electrons. The van der Waals surface area contributed by atoms with Gasteiger partial charge in [-0.05, 0) is 31.2 Å². The number of nitrogens with zero attached hydrogens (tertiary/aromatic N) is 1. The van der Waals surface area contributed by atoms with Crippen molar-refractivity contribution in [3.63, 3.8) is 0 Å². The predicted molar refractivity (Wildman–Crippen MR) is 95.4 cm³/mol. The van der Waals surface area contributed by atoms with E-state index in [4.69, 9.17) is 4.74 Å². The molecule has 1 aromatic carbocycles. The monoisotopic (exact) mass is 342 g/mol. The number of rotatable bonds is 7. The molecule has 2 aromatic rings. The van der Waals surface area contributed by atoms with E-state index in [1.165, 1.54) is 6.92 Å². The SMILES string of the molecule is CC(=O)Nc1cccc(OCCNC(=O)NC(C)c2ccccn2)c1. The van der Waals surface area contributed by atoms with E-state index in [0.29, 0.717) is 24.6 Å². The summed E-state index contributed by atoms with van der Waals surface area (Å²) in [5.41, 5.74) is 1.46. The van der Waals surface area contributed by atoms with Crippen molar-refractivity contribution in [2.75, 3.05) is 18.5 Å². The molecule has 0 bridgehead atoms. The Morgan fingerprint density at radius 1 is 1.20 bits per heavy atom. The Labute approximate surface area is 146 Å². The van der Waals surface area contributed by atoms with E-state index in [0.717, 1.165) is 5.69 Å². The van der Waals surface area contributed by atoms with E-state index in [1.54, 1.807) is 30.5 Å². The quantitative estimate of drug-likeness (QED) is 0.674. The fourth-order valence-corrected chi connectivity index (χ4v) is 2.15. The molecule has 1 aromatic heterocycles. The second kappa shape index (κ2) is 9.27. The van der Waals surface area contributed by atoms with Crippen LogP contribution in [0.15, 0.2) is 48.7 Å². The summed E-state index contributed by atoms with van der Waals surface area (Å²) < 4.78 is 5.56. The van der Waals surface area contributed by atoms with Crippen LogP contribution in [0.2, 0.25) is 0 Å². The number of nitrogens with one attached hydrogen (secondary N) is 3. The molecule has 7 heteroatoms. The number of pyridine rings is 1. The maximum atomic E-state index is 11.9. The molecule has 0 spiro atoms. The number of ether oxygens (including phenoxy) is 1. The van der Waals surface area contributed by atoms with Crippen LogP contribution in [0.1, 0.15) is 25.6 Å². The highest BCUT2D eigenvalue weighted by molar-refractivity contribution is 5.88. The van der Waals surface area contributed by atoms with Crippen molar-refractivity contribution in [2.45, 2.75) is 19.9 Å². The summed E-state index contributed by atoms with van der Waals surface area (Å²) in [5.74, 6) is 0.479. The zero-order chi connectivity index (χ0) is 18.1. The Kier molecular flexibility index (Phi) is 6.76. The molecule has 3 N–H and O–H groups in total. The fraction of sp³-hybridized carbons (Fsp3) is 0.278. The normalized spacial score (nSPS) is 11.3. The molecule has 7 nitrogen and oxygen atoms in total. The summed E-state index contributed by atoms with van der Waals surface area (Å²) in [6.07, 6.45) is 1.69. The van der Waals surface area contributed by atoms with E-state index in [9.17, 15) is 9.59 Å². The summed E-state index contributed by atoms with van der Waals surface area (Å²) in [5, 5.41) is 8.22. The number of aromatic nitrogens is 1. The van der Waals surface area contributed by atoms with E-state index < -0.39 is 0 Å². The molecule has 0 saturated heterocycles. The lowest BCUT2D eigenvalue weighted by Crippen LogP contribution is -2.39. The first-order valence-electron chi connectivity index (χ1n) is 8.00. The molecule has 0 aliphatic rings. The van der Waals surface area contributed by atoms with Crippen LogP contribution in [0, 0.1) is 0 Å². The first-order valence-corrected chi connectivity index (χ1v) is 8.00. The second-order valence-corrected chi connectivity index (χ2v) is 5.43. The van der Waals surface area contributed by atoms with Crippen LogP contribution < -0.4 is 20.7 Å². The van der Waals surface area contributed by atoms with Crippen LogP contribution in [0.4, 0.5) is 10.5 Å². The Morgan fingerprint density at radius 3 is 2.76 bits per heavy atom. The number of urea groups is 1. The lowest BCUT2D eigenvalue weighted by atomic mass is 10.2. The lowest BCUT2D eigenvalue weighted by molar-refractivity contribution is -0.114. The summed E-state index contributed by atoms with van der Waals surface area (Å²) >= 11 is 0. The van der Waals surface area contributed by atoms with Gasteiger partial charge in [0.05, 0.1) is 18.3 Å². The zero-order valence-electron chi connectivity index (χ0n) is 14.3. The topological polar surface area (TPSA) is 92.4 Å².